The second-order valence-corrected chi connectivity index (χ2v) is 4.64. The molecule has 0 spiro atoms. The Labute approximate surface area is 92.7 Å². The third-order valence-corrected chi connectivity index (χ3v) is 3.02. The molecule has 0 saturated carbocycles. The largest absolute Gasteiger partial charge is 0.198 e. The summed E-state index contributed by atoms with van der Waals surface area (Å²) in [5.74, 6) is 0.389. The van der Waals surface area contributed by atoms with E-state index in [2.05, 4.69) is 52.8 Å². The van der Waals surface area contributed by atoms with Crippen molar-refractivity contribution in [2.75, 3.05) is 0 Å². The predicted molar refractivity (Wildman–Crippen MR) is 63.8 cm³/mol. The van der Waals surface area contributed by atoms with Gasteiger partial charge in [0, 0.05) is 0 Å². The Morgan fingerprint density at radius 2 is 1.53 bits per heavy atom. The van der Waals surface area contributed by atoms with E-state index in [0.717, 1.165) is 0 Å². The first-order valence-corrected chi connectivity index (χ1v) is 5.44. The minimum Gasteiger partial charge on any atom is -0.198 e. The first-order chi connectivity index (χ1) is 6.97. The van der Waals surface area contributed by atoms with E-state index in [1.165, 1.54) is 22.3 Å². The molecule has 0 aliphatic heterocycles. The molecule has 0 aliphatic rings. The van der Waals surface area contributed by atoms with E-state index in [1.807, 2.05) is 0 Å². The smallest absolute Gasteiger partial charge is 0.0738 e. The molecule has 0 radical (unpaired) electrons. The minimum atomic E-state index is 0.0179. The minimum absolute atomic E-state index is 0.0179. The van der Waals surface area contributed by atoms with Crippen molar-refractivity contribution in [2.45, 2.75) is 40.5 Å². The SMILES string of the molecule is Cc1cc(C)c(C(C#N)C(C)C)cc1C. The molecule has 1 unspecified atom stereocenters. The summed E-state index contributed by atoms with van der Waals surface area (Å²) >= 11 is 0. The first-order valence-electron chi connectivity index (χ1n) is 5.44. The summed E-state index contributed by atoms with van der Waals surface area (Å²) < 4.78 is 0. The van der Waals surface area contributed by atoms with Crippen molar-refractivity contribution in [3.63, 3.8) is 0 Å². The van der Waals surface area contributed by atoms with E-state index >= 15 is 0 Å². The van der Waals surface area contributed by atoms with Gasteiger partial charge < -0.3 is 0 Å². The van der Waals surface area contributed by atoms with Crippen LogP contribution < -0.4 is 0 Å². The molecule has 0 N–H and O–H groups in total. The van der Waals surface area contributed by atoms with Crippen LogP contribution in [0.1, 0.15) is 42.0 Å². The molecule has 80 valence electrons. The zero-order valence-electron chi connectivity index (χ0n) is 10.3. The number of hydrogen-bond donors (Lipinski definition) is 0. The number of aryl methyl sites for hydroxylation is 3. The summed E-state index contributed by atoms with van der Waals surface area (Å²) in [7, 11) is 0. The van der Waals surface area contributed by atoms with E-state index < -0.39 is 0 Å². The van der Waals surface area contributed by atoms with Gasteiger partial charge in [-0.2, -0.15) is 5.26 Å². The van der Waals surface area contributed by atoms with Crippen molar-refractivity contribution in [1.82, 2.24) is 0 Å². The molecule has 0 aromatic heterocycles. The lowest BCUT2D eigenvalue weighted by Gasteiger charge is -2.17. The quantitative estimate of drug-likeness (QED) is 0.712. The second kappa shape index (κ2) is 4.49. The lowest BCUT2D eigenvalue weighted by Crippen LogP contribution is -2.06. The monoisotopic (exact) mass is 201 g/mol. The number of nitrogens with zero attached hydrogens (tertiary/aromatic N) is 1. The number of hydrogen-bond acceptors (Lipinski definition) is 1. The average molecular weight is 201 g/mol. The van der Waals surface area contributed by atoms with Gasteiger partial charge in [-0.05, 0) is 48.9 Å². The molecule has 1 nitrogen and oxygen atoms in total. The lowest BCUT2D eigenvalue weighted by molar-refractivity contribution is 0.584. The maximum atomic E-state index is 9.18. The lowest BCUT2D eigenvalue weighted by atomic mass is 9.85. The van der Waals surface area contributed by atoms with E-state index in [4.69, 9.17) is 0 Å². The van der Waals surface area contributed by atoms with Crippen molar-refractivity contribution in [3.05, 3.63) is 34.4 Å². The summed E-state index contributed by atoms with van der Waals surface area (Å²) in [5, 5.41) is 9.18. The molecule has 1 heteroatoms. The molecule has 0 fully saturated rings. The number of benzene rings is 1. The maximum Gasteiger partial charge on any atom is 0.0738 e. The van der Waals surface area contributed by atoms with Crippen molar-refractivity contribution in [1.29, 1.82) is 5.26 Å². The number of nitriles is 1. The standard InChI is InChI=1S/C14H19N/c1-9(2)14(8-15)13-7-11(4)10(3)6-12(13)5/h6-7,9,14H,1-5H3. The molecule has 0 aliphatic carbocycles. The van der Waals surface area contributed by atoms with Crippen LogP contribution in [0, 0.1) is 38.0 Å². The van der Waals surface area contributed by atoms with E-state index in [0.29, 0.717) is 5.92 Å². The molecule has 0 amide bonds. The van der Waals surface area contributed by atoms with Gasteiger partial charge in [0.1, 0.15) is 0 Å². The Morgan fingerprint density at radius 3 is 2.00 bits per heavy atom. The van der Waals surface area contributed by atoms with Crippen molar-refractivity contribution in [3.8, 4) is 6.07 Å². The van der Waals surface area contributed by atoms with Gasteiger partial charge in [-0.25, -0.2) is 0 Å². The molecule has 1 aromatic rings. The molecule has 0 bridgehead atoms. The fourth-order valence-electron chi connectivity index (χ4n) is 1.90. The normalized spacial score (nSPS) is 12.6. The summed E-state index contributed by atoms with van der Waals surface area (Å²) in [5.41, 5.74) is 5.00. The number of rotatable bonds is 2. The van der Waals surface area contributed by atoms with Crippen LogP contribution >= 0.6 is 0 Å². The highest BCUT2D eigenvalue weighted by Crippen LogP contribution is 2.28. The van der Waals surface area contributed by atoms with Gasteiger partial charge in [0.25, 0.3) is 0 Å². The topological polar surface area (TPSA) is 23.8 Å². The summed E-state index contributed by atoms with van der Waals surface area (Å²) in [6.07, 6.45) is 0. The Morgan fingerprint density at radius 1 is 1.00 bits per heavy atom. The van der Waals surface area contributed by atoms with E-state index in [1.54, 1.807) is 0 Å². The Balaban J connectivity index is 3.26. The van der Waals surface area contributed by atoms with Crippen molar-refractivity contribution < 1.29 is 0 Å². The van der Waals surface area contributed by atoms with Crippen LogP contribution in [0.3, 0.4) is 0 Å². The fraction of sp³-hybridized carbons (Fsp3) is 0.500. The van der Waals surface area contributed by atoms with Gasteiger partial charge in [-0.15, -0.1) is 0 Å². The highest BCUT2D eigenvalue weighted by molar-refractivity contribution is 5.40. The third-order valence-electron chi connectivity index (χ3n) is 3.02. The Kier molecular flexibility index (Phi) is 3.52. The van der Waals surface area contributed by atoms with Gasteiger partial charge in [0.15, 0.2) is 0 Å². The average Bonchev–Trinajstić information content (AvgIpc) is 2.14. The van der Waals surface area contributed by atoms with Crippen LogP contribution in [0.2, 0.25) is 0 Å². The zero-order chi connectivity index (χ0) is 11.6. The van der Waals surface area contributed by atoms with Gasteiger partial charge in [0.2, 0.25) is 0 Å². The second-order valence-electron chi connectivity index (χ2n) is 4.64. The Bertz CT molecular complexity index is 397. The maximum absolute atomic E-state index is 9.18. The predicted octanol–water partition coefficient (Wildman–Crippen LogP) is 3.88. The van der Waals surface area contributed by atoms with Crippen molar-refractivity contribution >= 4 is 0 Å². The highest BCUT2D eigenvalue weighted by atomic mass is 14.3. The van der Waals surface area contributed by atoms with Crippen LogP contribution in [0.25, 0.3) is 0 Å². The summed E-state index contributed by atoms with van der Waals surface area (Å²) in [6.45, 7) is 10.5. The van der Waals surface area contributed by atoms with Crippen LogP contribution in [0.15, 0.2) is 12.1 Å². The van der Waals surface area contributed by atoms with Gasteiger partial charge in [-0.1, -0.05) is 26.0 Å². The Hall–Kier alpha value is -1.29. The molecular weight excluding hydrogens is 182 g/mol. The van der Waals surface area contributed by atoms with E-state index in [9.17, 15) is 5.26 Å². The zero-order valence-corrected chi connectivity index (χ0v) is 10.3. The molecular formula is C14H19N. The van der Waals surface area contributed by atoms with Gasteiger partial charge in [-0.3, -0.25) is 0 Å². The molecule has 1 atom stereocenters. The van der Waals surface area contributed by atoms with Gasteiger partial charge >= 0.3 is 0 Å². The van der Waals surface area contributed by atoms with Crippen LogP contribution in [-0.4, -0.2) is 0 Å². The molecule has 1 aromatic carbocycles. The van der Waals surface area contributed by atoms with Gasteiger partial charge in [0.05, 0.1) is 12.0 Å². The van der Waals surface area contributed by atoms with E-state index in [-0.39, 0.29) is 5.92 Å². The molecule has 0 heterocycles. The highest BCUT2D eigenvalue weighted by Gasteiger charge is 2.17. The third kappa shape index (κ3) is 2.39. The molecule has 15 heavy (non-hydrogen) atoms. The van der Waals surface area contributed by atoms with Crippen LogP contribution in [0.5, 0.6) is 0 Å². The summed E-state index contributed by atoms with van der Waals surface area (Å²) in [6, 6.07) is 6.75. The molecule has 1 rings (SSSR count). The van der Waals surface area contributed by atoms with Crippen LogP contribution in [-0.2, 0) is 0 Å². The van der Waals surface area contributed by atoms with Crippen molar-refractivity contribution in [2.24, 2.45) is 5.92 Å². The fourth-order valence-corrected chi connectivity index (χ4v) is 1.90. The van der Waals surface area contributed by atoms with Crippen LogP contribution in [0.4, 0.5) is 0 Å². The molecule has 0 saturated heterocycles. The summed E-state index contributed by atoms with van der Waals surface area (Å²) in [4.78, 5) is 0. The first kappa shape index (κ1) is 11.8.